The lowest BCUT2D eigenvalue weighted by atomic mass is 10.1. The maximum atomic E-state index is 13.2. The summed E-state index contributed by atoms with van der Waals surface area (Å²) in [5.41, 5.74) is 0.730. The summed E-state index contributed by atoms with van der Waals surface area (Å²) in [6.45, 7) is 0.502. The van der Waals surface area contributed by atoms with Crippen molar-refractivity contribution in [2.45, 2.75) is 12.5 Å². The van der Waals surface area contributed by atoms with Crippen molar-refractivity contribution in [2.75, 3.05) is 25.4 Å². The van der Waals surface area contributed by atoms with Crippen molar-refractivity contribution in [2.24, 2.45) is 0 Å². The topological polar surface area (TPSA) is 75.7 Å². The lowest BCUT2D eigenvalue weighted by molar-refractivity contribution is -0.148. The molecule has 2 amide bonds. The number of thiophene rings is 1. The van der Waals surface area contributed by atoms with Gasteiger partial charge in [-0.15, -0.1) is 11.3 Å². The van der Waals surface area contributed by atoms with E-state index in [4.69, 9.17) is 4.74 Å². The zero-order chi connectivity index (χ0) is 19.9. The van der Waals surface area contributed by atoms with Crippen molar-refractivity contribution in [1.29, 1.82) is 0 Å². The minimum atomic E-state index is -0.533. The van der Waals surface area contributed by atoms with Crippen LogP contribution in [0, 0.1) is 5.82 Å². The molecule has 0 bridgehead atoms. The number of hydrogen-bond donors (Lipinski definition) is 1. The zero-order valence-electron chi connectivity index (χ0n) is 14.9. The Morgan fingerprint density at radius 2 is 2.04 bits per heavy atom. The molecule has 1 saturated heterocycles. The first-order valence-corrected chi connectivity index (χ1v) is 10.5. The number of ether oxygens (including phenoxy) is 1. The van der Waals surface area contributed by atoms with Crippen LogP contribution < -0.4 is 5.32 Å². The third-order valence-corrected chi connectivity index (χ3v) is 5.96. The van der Waals surface area contributed by atoms with Gasteiger partial charge < -0.3 is 15.0 Å². The summed E-state index contributed by atoms with van der Waals surface area (Å²) in [6.07, 6.45) is 0.0475. The summed E-state index contributed by atoms with van der Waals surface area (Å²) in [6, 6.07) is 9.16. The van der Waals surface area contributed by atoms with Crippen molar-refractivity contribution in [1.82, 2.24) is 10.2 Å². The third kappa shape index (κ3) is 5.56. The normalized spacial score (nSPS) is 14.8. The standard InChI is InChI=1S/C19H19FN2O4S2/c20-14-5-3-13(4-6-14)18(15-2-1-10-27-15)21-16(23)12-26-17(24)7-8-22-9-11-28-19(22)25/h1-6,10,18H,7-9,11-12H2,(H,21,23). The van der Waals surface area contributed by atoms with Crippen LogP contribution in [0.2, 0.25) is 0 Å². The van der Waals surface area contributed by atoms with Crippen LogP contribution >= 0.6 is 23.1 Å². The molecule has 0 radical (unpaired) electrons. The van der Waals surface area contributed by atoms with Crippen molar-refractivity contribution >= 4 is 40.2 Å². The first kappa shape index (κ1) is 20.3. The minimum Gasteiger partial charge on any atom is -0.456 e. The predicted octanol–water partition coefficient (Wildman–Crippen LogP) is 3.19. The van der Waals surface area contributed by atoms with Gasteiger partial charge in [0.1, 0.15) is 5.82 Å². The smallest absolute Gasteiger partial charge is 0.308 e. The molecular weight excluding hydrogens is 403 g/mol. The van der Waals surface area contributed by atoms with E-state index in [9.17, 15) is 18.8 Å². The van der Waals surface area contributed by atoms with Crippen LogP contribution in [0.3, 0.4) is 0 Å². The lowest BCUT2D eigenvalue weighted by Gasteiger charge is -2.18. The second-order valence-corrected chi connectivity index (χ2v) is 8.11. The van der Waals surface area contributed by atoms with E-state index < -0.39 is 24.5 Å². The molecule has 1 atom stereocenters. The summed E-state index contributed by atoms with van der Waals surface area (Å²) >= 11 is 2.69. The van der Waals surface area contributed by atoms with Crippen molar-refractivity contribution in [3.8, 4) is 0 Å². The fourth-order valence-electron chi connectivity index (χ4n) is 2.71. The van der Waals surface area contributed by atoms with Gasteiger partial charge in [-0.2, -0.15) is 0 Å². The van der Waals surface area contributed by atoms with Crippen LogP contribution in [-0.2, 0) is 14.3 Å². The minimum absolute atomic E-state index is 0.0383. The maximum absolute atomic E-state index is 13.2. The largest absolute Gasteiger partial charge is 0.456 e. The molecule has 1 unspecified atom stereocenters. The maximum Gasteiger partial charge on any atom is 0.308 e. The molecule has 1 fully saturated rings. The Morgan fingerprint density at radius 1 is 1.25 bits per heavy atom. The molecule has 2 heterocycles. The van der Waals surface area contributed by atoms with Crippen LogP contribution in [0.25, 0.3) is 0 Å². The monoisotopic (exact) mass is 422 g/mol. The molecule has 6 nitrogen and oxygen atoms in total. The number of rotatable bonds is 8. The molecule has 3 rings (SSSR count). The molecule has 0 aliphatic carbocycles. The number of carbonyl (C=O) groups is 3. The van der Waals surface area contributed by atoms with E-state index in [1.807, 2.05) is 17.5 Å². The molecule has 1 aromatic carbocycles. The van der Waals surface area contributed by atoms with Crippen LogP contribution in [-0.4, -0.2) is 47.5 Å². The van der Waals surface area contributed by atoms with Gasteiger partial charge in [0.15, 0.2) is 6.61 Å². The average molecular weight is 423 g/mol. The van der Waals surface area contributed by atoms with Crippen molar-refractivity contribution in [3.05, 3.63) is 58.0 Å². The Kier molecular flexibility index (Phi) is 7.05. The van der Waals surface area contributed by atoms with Gasteiger partial charge in [-0.3, -0.25) is 14.4 Å². The number of carbonyl (C=O) groups excluding carboxylic acids is 3. The molecule has 0 spiro atoms. The number of thioether (sulfide) groups is 1. The number of esters is 1. The molecule has 9 heteroatoms. The van der Waals surface area contributed by atoms with E-state index in [0.717, 1.165) is 16.2 Å². The molecule has 1 aromatic heterocycles. The van der Waals surface area contributed by atoms with E-state index in [-0.39, 0.29) is 17.5 Å². The highest BCUT2D eigenvalue weighted by atomic mass is 32.2. The van der Waals surface area contributed by atoms with Gasteiger partial charge in [0.05, 0.1) is 12.5 Å². The fraction of sp³-hybridized carbons (Fsp3) is 0.316. The molecule has 2 aromatic rings. The van der Waals surface area contributed by atoms with Gasteiger partial charge in [-0.25, -0.2) is 4.39 Å². The summed E-state index contributed by atoms with van der Waals surface area (Å²) in [7, 11) is 0. The SMILES string of the molecule is O=C(COC(=O)CCN1CCSC1=O)NC(c1ccc(F)cc1)c1cccs1. The van der Waals surface area contributed by atoms with Crippen molar-refractivity contribution < 1.29 is 23.5 Å². The van der Waals surface area contributed by atoms with Crippen LogP contribution in [0.1, 0.15) is 22.9 Å². The second-order valence-electron chi connectivity index (χ2n) is 6.08. The fourth-order valence-corrected chi connectivity index (χ4v) is 4.36. The van der Waals surface area contributed by atoms with Gasteiger partial charge in [-0.1, -0.05) is 30.0 Å². The van der Waals surface area contributed by atoms with Crippen LogP contribution in [0.15, 0.2) is 41.8 Å². The Morgan fingerprint density at radius 3 is 2.68 bits per heavy atom. The Balaban J connectivity index is 1.51. The van der Waals surface area contributed by atoms with Gasteiger partial charge in [0.25, 0.3) is 11.1 Å². The van der Waals surface area contributed by atoms with E-state index in [0.29, 0.717) is 13.1 Å². The summed E-state index contributed by atoms with van der Waals surface area (Å²) in [4.78, 5) is 38.1. The van der Waals surface area contributed by atoms with Crippen LogP contribution in [0.5, 0.6) is 0 Å². The summed E-state index contributed by atoms with van der Waals surface area (Å²) < 4.78 is 18.2. The summed E-state index contributed by atoms with van der Waals surface area (Å²) in [5, 5.41) is 4.67. The summed E-state index contributed by atoms with van der Waals surface area (Å²) in [5.74, 6) is -0.619. The van der Waals surface area contributed by atoms with Crippen LogP contribution in [0.4, 0.5) is 9.18 Å². The number of halogens is 1. The molecular formula is C19H19FN2O4S2. The van der Waals surface area contributed by atoms with E-state index in [1.54, 1.807) is 17.0 Å². The molecule has 0 saturated carbocycles. The Labute approximate surface area is 170 Å². The Bertz CT molecular complexity index is 827. The molecule has 1 aliphatic rings. The highest BCUT2D eigenvalue weighted by Crippen LogP contribution is 2.26. The average Bonchev–Trinajstić information content (AvgIpc) is 3.35. The number of nitrogens with zero attached hydrogens (tertiary/aromatic N) is 1. The zero-order valence-corrected chi connectivity index (χ0v) is 16.6. The van der Waals surface area contributed by atoms with Gasteiger partial charge >= 0.3 is 5.97 Å². The number of benzene rings is 1. The van der Waals surface area contributed by atoms with E-state index in [1.165, 1.54) is 35.2 Å². The predicted molar refractivity (Wildman–Crippen MR) is 106 cm³/mol. The Hall–Kier alpha value is -2.39. The number of hydrogen-bond acceptors (Lipinski definition) is 6. The van der Waals surface area contributed by atoms with Gasteiger partial charge in [0, 0.05) is 23.7 Å². The molecule has 28 heavy (non-hydrogen) atoms. The van der Waals surface area contributed by atoms with Crippen molar-refractivity contribution in [3.63, 3.8) is 0 Å². The second kappa shape index (κ2) is 9.70. The lowest BCUT2D eigenvalue weighted by Crippen LogP contribution is -2.33. The molecule has 1 N–H and O–H groups in total. The highest BCUT2D eigenvalue weighted by Gasteiger charge is 2.22. The number of nitrogens with one attached hydrogen (secondary N) is 1. The van der Waals surface area contributed by atoms with E-state index >= 15 is 0 Å². The third-order valence-electron chi connectivity index (χ3n) is 4.13. The van der Waals surface area contributed by atoms with Gasteiger partial charge in [0.2, 0.25) is 0 Å². The molecule has 148 valence electrons. The number of amides is 2. The first-order chi connectivity index (χ1) is 13.5. The van der Waals surface area contributed by atoms with E-state index in [2.05, 4.69) is 5.32 Å². The quantitative estimate of drug-likeness (QED) is 0.662. The highest BCUT2D eigenvalue weighted by molar-refractivity contribution is 8.13. The molecule has 1 aliphatic heterocycles. The van der Waals surface area contributed by atoms with Gasteiger partial charge in [-0.05, 0) is 29.1 Å². The first-order valence-electron chi connectivity index (χ1n) is 8.68.